The summed E-state index contributed by atoms with van der Waals surface area (Å²) in [7, 11) is 0. The number of imide groups is 1. The lowest BCUT2D eigenvalue weighted by molar-refractivity contribution is -0.137. The number of carbonyl (C=O) groups excluding carboxylic acids is 4. The van der Waals surface area contributed by atoms with Crippen molar-refractivity contribution in [2.24, 2.45) is 0 Å². The van der Waals surface area contributed by atoms with E-state index in [9.17, 15) is 19.2 Å². The summed E-state index contributed by atoms with van der Waals surface area (Å²) in [5.74, 6) is -1.01. The van der Waals surface area contributed by atoms with Gasteiger partial charge < -0.3 is 15.5 Å². The number of nitrogens with zero attached hydrogens (tertiary/aromatic N) is 1. The smallest absolute Gasteiger partial charge is 0.255 e. The lowest BCUT2D eigenvalue weighted by atomic mass is 10.0. The molecule has 136 valence electrons. The molecular formula is C18H20N4O4. The lowest BCUT2D eigenvalue weighted by Gasteiger charge is -2.29. The molecular weight excluding hydrogens is 336 g/mol. The van der Waals surface area contributed by atoms with Crippen LogP contribution in [0.25, 0.3) is 0 Å². The topological polar surface area (TPSA) is 108 Å². The normalized spacial score (nSPS) is 22.1. The molecule has 1 aliphatic carbocycles. The molecule has 1 aromatic rings. The molecule has 0 bridgehead atoms. The highest BCUT2D eigenvalue weighted by Gasteiger charge is 2.39. The highest BCUT2D eigenvalue weighted by atomic mass is 16.2. The zero-order valence-corrected chi connectivity index (χ0v) is 14.2. The van der Waals surface area contributed by atoms with Gasteiger partial charge in [0.15, 0.2) is 0 Å². The number of carbonyl (C=O) groups is 4. The number of hydrogen-bond donors (Lipinski definition) is 3. The summed E-state index contributed by atoms with van der Waals surface area (Å²) < 4.78 is 0. The molecule has 0 radical (unpaired) electrons. The molecule has 2 aliphatic heterocycles. The third-order valence-corrected chi connectivity index (χ3v) is 4.92. The standard InChI is InChI=1S/C18H20N4O4/c23-15-6-5-14(17(25)21-15)22-9-10-1-2-12(7-13(10)18(22)26)19-8-16(24)20-11-3-4-11/h1-2,7,11,14,19H,3-6,8-9H2,(H,20,24)(H,21,23,25). The Morgan fingerprint density at radius 2 is 2.00 bits per heavy atom. The monoisotopic (exact) mass is 356 g/mol. The van der Waals surface area contributed by atoms with Crippen molar-refractivity contribution < 1.29 is 19.2 Å². The fraction of sp³-hybridized carbons (Fsp3) is 0.444. The van der Waals surface area contributed by atoms with Gasteiger partial charge in [0.05, 0.1) is 6.54 Å². The summed E-state index contributed by atoms with van der Waals surface area (Å²) in [6, 6.07) is 5.07. The minimum atomic E-state index is -0.617. The molecule has 0 aromatic heterocycles. The van der Waals surface area contributed by atoms with E-state index in [1.165, 1.54) is 4.90 Å². The van der Waals surface area contributed by atoms with Crippen LogP contribution in [0.5, 0.6) is 0 Å². The van der Waals surface area contributed by atoms with Gasteiger partial charge in [0.1, 0.15) is 6.04 Å². The Morgan fingerprint density at radius 1 is 1.19 bits per heavy atom. The van der Waals surface area contributed by atoms with Gasteiger partial charge in [-0.3, -0.25) is 24.5 Å². The van der Waals surface area contributed by atoms with Gasteiger partial charge in [0, 0.05) is 30.3 Å². The maximum atomic E-state index is 12.7. The molecule has 2 fully saturated rings. The maximum Gasteiger partial charge on any atom is 0.255 e. The summed E-state index contributed by atoms with van der Waals surface area (Å²) in [5.41, 5.74) is 2.06. The highest BCUT2D eigenvalue weighted by molar-refractivity contribution is 6.05. The fourth-order valence-corrected chi connectivity index (χ4v) is 3.35. The van der Waals surface area contributed by atoms with Gasteiger partial charge in [0.2, 0.25) is 17.7 Å². The molecule has 1 saturated heterocycles. The van der Waals surface area contributed by atoms with Crippen LogP contribution in [-0.2, 0) is 20.9 Å². The van der Waals surface area contributed by atoms with E-state index in [-0.39, 0.29) is 30.7 Å². The summed E-state index contributed by atoms with van der Waals surface area (Å²) in [6.45, 7) is 0.503. The van der Waals surface area contributed by atoms with E-state index in [0.29, 0.717) is 30.3 Å². The van der Waals surface area contributed by atoms with Crippen molar-refractivity contribution in [1.29, 1.82) is 0 Å². The van der Waals surface area contributed by atoms with Crippen LogP contribution in [-0.4, -0.2) is 47.2 Å². The van der Waals surface area contributed by atoms with Crippen LogP contribution >= 0.6 is 0 Å². The van der Waals surface area contributed by atoms with Gasteiger partial charge in [-0.25, -0.2) is 0 Å². The second-order valence-electron chi connectivity index (χ2n) is 6.97. The summed E-state index contributed by atoms with van der Waals surface area (Å²) >= 11 is 0. The number of piperidine rings is 1. The first-order valence-corrected chi connectivity index (χ1v) is 8.82. The number of amides is 4. The van der Waals surface area contributed by atoms with E-state index < -0.39 is 11.9 Å². The Morgan fingerprint density at radius 3 is 2.73 bits per heavy atom. The SMILES string of the molecule is O=C1CCC(N2Cc3ccc(NCC(=O)NC4CC4)cc3C2=O)C(=O)N1. The van der Waals surface area contributed by atoms with E-state index in [1.807, 2.05) is 12.1 Å². The molecule has 3 aliphatic rings. The molecule has 1 saturated carbocycles. The van der Waals surface area contributed by atoms with Gasteiger partial charge in [-0.05, 0) is 37.0 Å². The molecule has 1 atom stereocenters. The maximum absolute atomic E-state index is 12.7. The zero-order valence-electron chi connectivity index (χ0n) is 14.2. The number of anilines is 1. The Kier molecular flexibility index (Phi) is 4.10. The van der Waals surface area contributed by atoms with Crippen LogP contribution in [0.1, 0.15) is 41.6 Å². The van der Waals surface area contributed by atoms with Crippen molar-refractivity contribution in [2.75, 3.05) is 11.9 Å². The van der Waals surface area contributed by atoms with Crippen LogP contribution in [0.3, 0.4) is 0 Å². The van der Waals surface area contributed by atoms with E-state index >= 15 is 0 Å². The van der Waals surface area contributed by atoms with Gasteiger partial charge in [-0.1, -0.05) is 6.07 Å². The highest BCUT2D eigenvalue weighted by Crippen LogP contribution is 2.29. The second kappa shape index (κ2) is 6.44. The first-order chi connectivity index (χ1) is 12.5. The Bertz CT molecular complexity index is 802. The van der Waals surface area contributed by atoms with Gasteiger partial charge in [0.25, 0.3) is 5.91 Å². The molecule has 8 heteroatoms. The lowest BCUT2D eigenvalue weighted by Crippen LogP contribution is -2.52. The van der Waals surface area contributed by atoms with Crippen molar-refractivity contribution in [1.82, 2.24) is 15.5 Å². The van der Waals surface area contributed by atoms with Crippen molar-refractivity contribution in [2.45, 2.75) is 44.3 Å². The average molecular weight is 356 g/mol. The number of hydrogen-bond acceptors (Lipinski definition) is 5. The molecule has 4 amide bonds. The van der Waals surface area contributed by atoms with Crippen LogP contribution in [0, 0.1) is 0 Å². The third kappa shape index (κ3) is 3.26. The average Bonchev–Trinajstić information content (AvgIpc) is 3.36. The molecule has 2 heterocycles. The zero-order chi connectivity index (χ0) is 18.3. The summed E-state index contributed by atoms with van der Waals surface area (Å²) in [5, 5.41) is 8.21. The van der Waals surface area contributed by atoms with E-state index in [1.54, 1.807) is 6.07 Å². The van der Waals surface area contributed by atoms with Crippen molar-refractivity contribution in [3.8, 4) is 0 Å². The minimum Gasteiger partial charge on any atom is -0.376 e. The van der Waals surface area contributed by atoms with Crippen LogP contribution in [0.15, 0.2) is 18.2 Å². The number of rotatable bonds is 5. The van der Waals surface area contributed by atoms with Crippen molar-refractivity contribution >= 4 is 29.3 Å². The number of fused-ring (bicyclic) bond motifs is 1. The second-order valence-corrected chi connectivity index (χ2v) is 6.97. The Balaban J connectivity index is 1.42. The molecule has 0 spiro atoms. The molecule has 1 aromatic carbocycles. The van der Waals surface area contributed by atoms with Gasteiger partial charge >= 0.3 is 0 Å². The quantitative estimate of drug-likeness (QED) is 0.651. The van der Waals surface area contributed by atoms with Crippen molar-refractivity contribution in [3.05, 3.63) is 29.3 Å². The third-order valence-electron chi connectivity index (χ3n) is 4.92. The number of benzene rings is 1. The van der Waals surface area contributed by atoms with Crippen molar-refractivity contribution in [3.63, 3.8) is 0 Å². The predicted molar refractivity (Wildman–Crippen MR) is 92.1 cm³/mol. The molecule has 8 nitrogen and oxygen atoms in total. The molecule has 1 unspecified atom stereocenters. The Labute approximate surface area is 150 Å². The van der Waals surface area contributed by atoms with Crippen LogP contribution < -0.4 is 16.0 Å². The van der Waals surface area contributed by atoms with Crippen LogP contribution in [0.4, 0.5) is 5.69 Å². The number of nitrogens with one attached hydrogen (secondary N) is 3. The molecule has 4 rings (SSSR count). The van der Waals surface area contributed by atoms with Crippen LogP contribution in [0.2, 0.25) is 0 Å². The Hall–Kier alpha value is -2.90. The van der Waals surface area contributed by atoms with E-state index in [2.05, 4.69) is 16.0 Å². The minimum absolute atomic E-state index is 0.0653. The van der Waals surface area contributed by atoms with E-state index in [4.69, 9.17) is 0 Å². The first-order valence-electron chi connectivity index (χ1n) is 8.82. The fourth-order valence-electron chi connectivity index (χ4n) is 3.35. The van der Waals surface area contributed by atoms with Gasteiger partial charge in [-0.15, -0.1) is 0 Å². The summed E-state index contributed by atoms with van der Waals surface area (Å²) in [6.07, 6.45) is 2.65. The van der Waals surface area contributed by atoms with Gasteiger partial charge in [-0.2, -0.15) is 0 Å². The largest absolute Gasteiger partial charge is 0.376 e. The first kappa shape index (κ1) is 16.6. The molecule has 3 N–H and O–H groups in total. The predicted octanol–water partition coefficient (Wildman–Crippen LogP) is 0.138. The summed E-state index contributed by atoms with van der Waals surface area (Å²) in [4.78, 5) is 49.3. The molecule has 26 heavy (non-hydrogen) atoms. The van der Waals surface area contributed by atoms with E-state index in [0.717, 1.165) is 18.4 Å².